The molecule has 2 aromatic rings. The molecule has 3 rings (SSSR count). The standard InChI is InChI=1S/C21H24ClN3O2/c22-19-8-6-18(7-9-19)21(27)23-11-10-20(26)25-14-12-24(13-15-25)16-17-4-2-1-3-5-17/h1-9H,10-16H2,(H,23,27)/p+1. The highest BCUT2D eigenvalue weighted by atomic mass is 35.5. The van der Waals surface area contributed by atoms with E-state index in [9.17, 15) is 9.59 Å². The second-order valence-electron chi connectivity index (χ2n) is 6.81. The molecule has 0 spiro atoms. The van der Waals surface area contributed by atoms with E-state index in [1.54, 1.807) is 24.3 Å². The van der Waals surface area contributed by atoms with Crippen LogP contribution in [0.25, 0.3) is 0 Å². The van der Waals surface area contributed by atoms with Crippen LogP contribution in [-0.4, -0.2) is 49.4 Å². The van der Waals surface area contributed by atoms with Gasteiger partial charge in [0, 0.05) is 29.1 Å². The van der Waals surface area contributed by atoms with E-state index < -0.39 is 0 Å². The van der Waals surface area contributed by atoms with Gasteiger partial charge in [-0.2, -0.15) is 0 Å². The van der Waals surface area contributed by atoms with E-state index in [1.807, 2.05) is 11.0 Å². The van der Waals surface area contributed by atoms with Gasteiger partial charge in [0.2, 0.25) is 5.91 Å². The Labute approximate surface area is 164 Å². The van der Waals surface area contributed by atoms with E-state index >= 15 is 0 Å². The minimum absolute atomic E-state index is 0.102. The van der Waals surface area contributed by atoms with Crippen LogP contribution in [-0.2, 0) is 11.3 Å². The lowest BCUT2D eigenvalue weighted by molar-refractivity contribution is -0.917. The van der Waals surface area contributed by atoms with Gasteiger partial charge >= 0.3 is 0 Å². The number of hydrogen-bond acceptors (Lipinski definition) is 2. The van der Waals surface area contributed by atoms with Crippen molar-refractivity contribution in [1.29, 1.82) is 0 Å². The SMILES string of the molecule is O=C(NCCC(=O)N1CC[NH+](Cc2ccccc2)CC1)c1ccc(Cl)cc1. The normalized spacial score (nSPS) is 14.8. The molecule has 5 nitrogen and oxygen atoms in total. The second-order valence-corrected chi connectivity index (χ2v) is 7.24. The Bertz CT molecular complexity index is 757. The lowest BCUT2D eigenvalue weighted by Gasteiger charge is -2.32. The lowest BCUT2D eigenvalue weighted by atomic mass is 10.2. The summed E-state index contributed by atoms with van der Waals surface area (Å²) < 4.78 is 0. The van der Waals surface area contributed by atoms with Crippen LogP contribution in [0.4, 0.5) is 0 Å². The number of carbonyl (C=O) groups is 2. The van der Waals surface area contributed by atoms with E-state index in [1.165, 1.54) is 10.5 Å². The first-order valence-electron chi connectivity index (χ1n) is 9.31. The number of quaternary nitrogens is 1. The molecule has 1 heterocycles. The van der Waals surface area contributed by atoms with Crippen molar-refractivity contribution in [3.05, 3.63) is 70.7 Å². The molecule has 1 aliphatic rings. The predicted molar refractivity (Wildman–Crippen MR) is 106 cm³/mol. The molecule has 1 aliphatic heterocycles. The monoisotopic (exact) mass is 386 g/mol. The van der Waals surface area contributed by atoms with Crippen LogP contribution < -0.4 is 10.2 Å². The molecule has 2 amide bonds. The highest BCUT2D eigenvalue weighted by molar-refractivity contribution is 6.30. The molecule has 6 heteroatoms. The zero-order valence-electron chi connectivity index (χ0n) is 15.3. The topological polar surface area (TPSA) is 53.9 Å². The van der Waals surface area contributed by atoms with Gasteiger partial charge in [0.15, 0.2) is 0 Å². The van der Waals surface area contributed by atoms with Gasteiger partial charge in [-0.3, -0.25) is 9.59 Å². The average molecular weight is 387 g/mol. The van der Waals surface area contributed by atoms with Crippen molar-refractivity contribution in [3.8, 4) is 0 Å². The largest absolute Gasteiger partial charge is 0.352 e. The third kappa shape index (κ3) is 5.81. The van der Waals surface area contributed by atoms with Crippen molar-refractivity contribution in [3.63, 3.8) is 0 Å². The third-order valence-corrected chi connectivity index (χ3v) is 5.10. The molecule has 0 aromatic heterocycles. The van der Waals surface area contributed by atoms with E-state index in [-0.39, 0.29) is 11.8 Å². The molecule has 1 saturated heterocycles. The third-order valence-electron chi connectivity index (χ3n) is 4.85. The van der Waals surface area contributed by atoms with Crippen molar-refractivity contribution in [2.75, 3.05) is 32.7 Å². The van der Waals surface area contributed by atoms with E-state index in [0.29, 0.717) is 23.6 Å². The maximum Gasteiger partial charge on any atom is 0.251 e. The van der Waals surface area contributed by atoms with Gasteiger partial charge in [-0.15, -0.1) is 0 Å². The summed E-state index contributed by atoms with van der Waals surface area (Å²) >= 11 is 5.82. The van der Waals surface area contributed by atoms with Gasteiger partial charge in [-0.05, 0) is 24.3 Å². The zero-order valence-corrected chi connectivity index (χ0v) is 16.0. The van der Waals surface area contributed by atoms with Gasteiger partial charge in [0.1, 0.15) is 6.54 Å². The van der Waals surface area contributed by atoms with Crippen LogP contribution in [0.3, 0.4) is 0 Å². The molecule has 0 saturated carbocycles. The van der Waals surface area contributed by atoms with Crippen molar-refractivity contribution in [2.45, 2.75) is 13.0 Å². The molecule has 142 valence electrons. The molecule has 1 fully saturated rings. The fourth-order valence-corrected chi connectivity index (χ4v) is 3.40. The van der Waals surface area contributed by atoms with Crippen molar-refractivity contribution < 1.29 is 14.5 Å². The molecule has 0 atom stereocenters. The summed E-state index contributed by atoms with van der Waals surface area (Å²) in [5, 5.41) is 3.39. The average Bonchev–Trinajstić information content (AvgIpc) is 2.69. The van der Waals surface area contributed by atoms with Crippen LogP contribution >= 0.6 is 11.6 Å². The van der Waals surface area contributed by atoms with Crippen LogP contribution in [0.15, 0.2) is 54.6 Å². The number of nitrogens with zero attached hydrogens (tertiary/aromatic N) is 1. The highest BCUT2D eigenvalue weighted by Crippen LogP contribution is 2.09. The second kappa shape index (κ2) is 9.53. The number of nitrogens with one attached hydrogen (secondary N) is 2. The summed E-state index contributed by atoms with van der Waals surface area (Å²) in [7, 11) is 0. The number of hydrogen-bond donors (Lipinski definition) is 2. The van der Waals surface area contributed by atoms with E-state index in [4.69, 9.17) is 11.6 Å². The molecule has 0 bridgehead atoms. The minimum Gasteiger partial charge on any atom is -0.352 e. The first kappa shape index (κ1) is 19.4. The maximum atomic E-state index is 12.4. The van der Waals surface area contributed by atoms with Crippen molar-refractivity contribution in [2.24, 2.45) is 0 Å². The fraction of sp³-hybridized carbons (Fsp3) is 0.333. The van der Waals surface area contributed by atoms with Gasteiger partial charge in [0.05, 0.1) is 26.2 Å². The van der Waals surface area contributed by atoms with E-state index in [2.05, 4.69) is 29.6 Å². The van der Waals surface area contributed by atoms with Gasteiger partial charge < -0.3 is 15.1 Å². The number of rotatable bonds is 6. The fourth-order valence-electron chi connectivity index (χ4n) is 3.28. The summed E-state index contributed by atoms with van der Waals surface area (Å²) in [6, 6.07) is 17.2. The van der Waals surface area contributed by atoms with Crippen LogP contribution in [0.1, 0.15) is 22.3 Å². The first-order chi connectivity index (χ1) is 13.1. The predicted octanol–water partition coefficient (Wildman–Crippen LogP) is 1.39. The molecular weight excluding hydrogens is 362 g/mol. The highest BCUT2D eigenvalue weighted by Gasteiger charge is 2.23. The Hall–Kier alpha value is -2.37. The molecule has 0 radical (unpaired) electrons. The number of piperazine rings is 1. The van der Waals surface area contributed by atoms with Gasteiger partial charge in [0.25, 0.3) is 5.91 Å². The lowest BCUT2D eigenvalue weighted by Crippen LogP contribution is -3.13. The molecular formula is C21H25ClN3O2+. The molecule has 0 unspecified atom stereocenters. The molecule has 0 aliphatic carbocycles. The smallest absolute Gasteiger partial charge is 0.251 e. The summed E-state index contributed by atoms with van der Waals surface area (Å²) in [4.78, 5) is 27.8. The van der Waals surface area contributed by atoms with Crippen LogP contribution in [0, 0.1) is 0 Å². The summed E-state index contributed by atoms with van der Waals surface area (Å²) in [6.07, 6.45) is 0.327. The Morgan fingerprint density at radius 2 is 1.67 bits per heavy atom. The quantitative estimate of drug-likeness (QED) is 0.788. The summed E-state index contributed by atoms with van der Waals surface area (Å²) in [5.41, 5.74) is 1.88. The number of amides is 2. The number of carbonyl (C=O) groups excluding carboxylic acids is 2. The van der Waals surface area contributed by atoms with Crippen LogP contribution in [0.5, 0.6) is 0 Å². The first-order valence-corrected chi connectivity index (χ1v) is 9.68. The Kier molecular flexibility index (Phi) is 6.85. The zero-order chi connectivity index (χ0) is 19.1. The minimum atomic E-state index is -0.184. The Morgan fingerprint density at radius 1 is 1.00 bits per heavy atom. The van der Waals surface area contributed by atoms with Crippen molar-refractivity contribution in [1.82, 2.24) is 10.2 Å². The van der Waals surface area contributed by atoms with Crippen LogP contribution in [0.2, 0.25) is 5.02 Å². The number of benzene rings is 2. The summed E-state index contributed by atoms with van der Waals surface area (Å²) in [5.74, 6) is -0.0817. The van der Waals surface area contributed by atoms with E-state index in [0.717, 1.165) is 32.7 Å². The Morgan fingerprint density at radius 3 is 2.33 bits per heavy atom. The Balaban J connectivity index is 1.37. The number of halogens is 1. The molecule has 27 heavy (non-hydrogen) atoms. The van der Waals surface area contributed by atoms with Crippen molar-refractivity contribution >= 4 is 23.4 Å². The van der Waals surface area contributed by atoms with Gasteiger partial charge in [-0.1, -0.05) is 41.9 Å². The van der Waals surface area contributed by atoms with Gasteiger partial charge in [-0.25, -0.2) is 0 Å². The maximum absolute atomic E-state index is 12.4. The molecule has 2 N–H and O–H groups in total. The summed E-state index contributed by atoms with van der Waals surface area (Å²) in [6.45, 7) is 4.80. The molecule has 2 aromatic carbocycles.